The summed E-state index contributed by atoms with van der Waals surface area (Å²) in [7, 11) is 0. The molecule has 4 rings (SSSR count). The highest BCUT2D eigenvalue weighted by atomic mass is 16.4. The van der Waals surface area contributed by atoms with Gasteiger partial charge in [-0.2, -0.15) is 0 Å². The van der Waals surface area contributed by atoms with Gasteiger partial charge in [-0.3, -0.25) is 4.79 Å². The standard InChI is InChI=1S/C16H15N3O3/c1-8-3-6-12-11(7-8)9(2)13(21-12)15-18-19-16(22-15)14(20)17-10-4-5-10/h3,6-7,10H,4-5H2,1-2H3,(H,17,20). The van der Waals surface area contributed by atoms with E-state index >= 15 is 0 Å². The van der Waals surface area contributed by atoms with Crippen molar-refractivity contribution in [3.05, 3.63) is 35.2 Å². The molecule has 2 aromatic heterocycles. The second-order valence-electron chi connectivity index (χ2n) is 5.72. The summed E-state index contributed by atoms with van der Waals surface area (Å²) in [5, 5.41) is 11.6. The topological polar surface area (TPSA) is 81.2 Å². The molecule has 0 saturated heterocycles. The number of benzene rings is 1. The number of amides is 1. The van der Waals surface area contributed by atoms with Crippen molar-refractivity contribution in [2.75, 3.05) is 0 Å². The van der Waals surface area contributed by atoms with Crippen LogP contribution in [-0.2, 0) is 0 Å². The molecule has 1 amide bonds. The number of fused-ring (bicyclic) bond motifs is 1. The van der Waals surface area contributed by atoms with E-state index in [1.807, 2.05) is 26.0 Å². The Morgan fingerprint density at radius 1 is 1.23 bits per heavy atom. The maximum absolute atomic E-state index is 11.9. The minimum atomic E-state index is -0.328. The van der Waals surface area contributed by atoms with Crippen LogP contribution < -0.4 is 5.32 Å². The summed E-state index contributed by atoms with van der Waals surface area (Å²) in [6, 6.07) is 6.20. The summed E-state index contributed by atoms with van der Waals surface area (Å²) in [6.07, 6.45) is 2.02. The number of hydrogen-bond donors (Lipinski definition) is 1. The number of nitrogens with one attached hydrogen (secondary N) is 1. The average Bonchev–Trinajstić information content (AvgIpc) is 3.07. The van der Waals surface area contributed by atoms with Gasteiger partial charge in [0.1, 0.15) is 5.58 Å². The SMILES string of the molecule is Cc1ccc2oc(-c3nnc(C(=O)NC4CC4)o3)c(C)c2c1. The van der Waals surface area contributed by atoms with Crippen molar-refractivity contribution in [3.63, 3.8) is 0 Å². The van der Waals surface area contributed by atoms with Crippen LogP contribution >= 0.6 is 0 Å². The van der Waals surface area contributed by atoms with Gasteiger partial charge in [0.15, 0.2) is 5.76 Å². The lowest BCUT2D eigenvalue weighted by Gasteiger charge is -1.96. The molecule has 0 radical (unpaired) electrons. The van der Waals surface area contributed by atoms with Crippen molar-refractivity contribution in [1.82, 2.24) is 15.5 Å². The molecule has 0 atom stereocenters. The lowest BCUT2D eigenvalue weighted by molar-refractivity contribution is 0.0917. The first-order chi connectivity index (χ1) is 10.6. The van der Waals surface area contributed by atoms with Gasteiger partial charge in [-0.1, -0.05) is 11.6 Å². The van der Waals surface area contributed by atoms with Crippen LogP contribution in [0.25, 0.3) is 22.6 Å². The molecule has 6 nitrogen and oxygen atoms in total. The summed E-state index contributed by atoms with van der Waals surface area (Å²) in [6.45, 7) is 3.97. The number of aryl methyl sites for hydroxylation is 2. The molecule has 3 aromatic rings. The third-order valence-corrected chi connectivity index (χ3v) is 3.82. The first-order valence-corrected chi connectivity index (χ1v) is 7.26. The molecule has 1 aliphatic rings. The first kappa shape index (κ1) is 13.1. The van der Waals surface area contributed by atoms with Gasteiger partial charge in [-0.25, -0.2) is 0 Å². The molecular formula is C16H15N3O3. The molecule has 1 aromatic carbocycles. The molecule has 2 heterocycles. The fourth-order valence-corrected chi connectivity index (χ4v) is 2.42. The van der Waals surface area contributed by atoms with E-state index < -0.39 is 0 Å². The van der Waals surface area contributed by atoms with Crippen LogP contribution in [-0.4, -0.2) is 22.1 Å². The zero-order valence-electron chi connectivity index (χ0n) is 12.3. The van der Waals surface area contributed by atoms with Gasteiger partial charge < -0.3 is 14.2 Å². The number of aromatic nitrogens is 2. The molecule has 112 valence electrons. The zero-order chi connectivity index (χ0) is 15.3. The van der Waals surface area contributed by atoms with E-state index in [9.17, 15) is 4.79 Å². The Balaban J connectivity index is 1.71. The Bertz CT molecular complexity index is 874. The third kappa shape index (κ3) is 2.16. The molecule has 0 aliphatic heterocycles. The normalized spacial score (nSPS) is 14.5. The number of hydrogen-bond acceptors (Lipinski definition) is 5. The van der Waals surface area contributed by atoms with Crippen molar-refractivity contribution in [2.45, 2.75) is 32.7 Å². The van der Waals surface area contributed by atoms with Gasteiger partial charge >= 0.3 is 11.8 Å². The molecule has 0 spiro atoms. The molecule has 0 unspecified atom stereocenters. The van der Waals surface area contributed by atoms with Crippen LogP contribution in [0.3, 0.4) is 0 Å². The maximum atomic E-state index is 11.9. The molecule has 1 saturated carbocycles. The molecule has 1 N–H and O–H groups in total. The Labute approximate surface area is 126 Å². The van der Waals surface area contributed by atoms with E-state index in [4.69, 9.17) is 8.83 Å². The summed E-state index contributed by atoms with van der Waals surface area (Å²) in [5.74, 6) is 0.384. The molecule has 1 aliphatic carbocycles. The number of rotatable bonds is 3. The second-order valence-corrected chi connectivity index (χ2v) is 5.72. The zero-order valence-corrected chi connectivity index (χ0v) is 12.3. The fourth-order valence-electron chi connectivity index (χ4n) is 2.42. The lowest BCUT2D eigenvalue weighted by Crippen LogP contribution is -2.25. The molecule has 0 bridgehead atoms. The van der Waals surface area contributed by atoms with Crippen molar-refractivity contribution >= 4 is 16.9 Å². The Morgan fingerprint density at radius 2 is 2.05 bits per heavy atom. The highest BCUT2D eigenvalue weighted by Gasteiger charge is 2.27. The minimum Gasteiger partial charge on any atom is -0.451 e. The van der Waals surface area contributed by atoms with Crippen molar-refractivity contribution < 1.29 is 13.6 Å². The van der Waals surface area contributed by atoms with E-state index in [0.29, 0.717) is 5.76 Å². The van der Waals surface area contributed by atoms with E-state index in [1.54, 1.807) is 0 Å². The summed E-state index contributed by atoms with van der Waals surface area (Å²) < 4.78 is 11.3. The lowest BCUT2D eigenvalue weighted by atomic mass is 10.1. The molecule has 22 heavy (non-hydrogen) atoms. The van der Waals surface area contributed by atoms with E-state index in [0.717, 1.165) is 34.9 Å². The second kappa shape index (κ2) is 4.69. The van der Waals surface area contributed by atoms with Crippen molar-refractivity contribution in [3.8, 4) is 11.7 Å². The monoisotopic (exact) mass is 297 g/mol. The first-order valence-electron chi connectivity index (χ1n) is 7.26. The predicted molar refractivity (Wildman–Crippen MR) is 79.5 cm³/mol. The number of carbonyl (C=O) groups is 1. The van der Waals surface area contributed by atoms with Gasteiger partial charge in [0.05, 0.1) is 0 Å². The smallest absolute Gasteiger partial charge is 0.309 e. The summed E-state index contributed by atoms with van der Waals surface area (Å²) in [5.41, 5.74) is 2.84. The minimum absolute atomic E-state index is 0.0297. The number of carbonyl (C=O) groups excluding carboxylic acids is 1. The predicted octanol–water partition coefficient (Wildman–Crippen LogP) is 2.99. The number of furan rings is 1. The van der Waals surface area contributed by atoms with E-state index in [1.165, 1.54) is 0 Å². The molecule has 1 fully saturated rings. The van der Waals surface area contributed by atoms with Gasteiger partial charge in [-0.15, -0.1) is 10.2 Å². The van der Waals surface area contributed by atoms with Crippen molar-refractivity contribution in [1.29, 1.82) is 0 Å². The van der Waals surface area contributed by atoms with Crippen LogP contribution in [0.2, 0.25) is 0 Å². The Morgan fingerprint density at radius 3 is 2.82 bits per heavy atom. The highest BCUT2D eigenvalue weighted by Crippen LogP contribution is 2.32. The van der Waals surface area contributed by atoms with Crippen LogP contribution in [0.1, 0.15) is 34.7 Å². The van der Waals surface area contributed by atoms with E-state index in [-0.39, 0.29) is 23.7 Å². The van der Waals surface area contributed by atoms with Crippen LogP contribution in [0.4, 0.5) is 0 Å². The molecule has 6 heteroatoms. The van der Waals surface area contributed by atoms with Gasteiger partial charge in [0.25, 0.3) is 5.89 Å². The summed E-state index contributed by atoms with van der Waals surface area (Å²) >= 11 is 0. The number of nitrogens with zero attached hydrogens (tertiary/aromatic N) is 2. The van der Waals surface area contributed by atoms with Crippen LogP contribution in [0.15, 0.2) is 27.0 Å². The van der Waals surface area contributed by atoms with E-state index in [2.05, 4.69) is 21.6 Å². The third-order valence-electron chi connectivity index (χ3n) is 3.82. The Kier molecular flexibility index (Phi) is 2.79. The maximum Gasteiger partial charge on any atom is 0.309 e. The summed E-state index contributed by atoms with van der Waals surface area (Å²) in [4.78, 5) is 11.9. The van der Waals surface area contributed by atoms with Gasteiger partial charge in [0.2, 0.25) is 0 Å². The quantitative estimate of drug-likeness (QED) is 0.803. The van der Waals surface area contributed by atoms with Gasteiger partial charge in [-0.05, 0) is 38.8 Å². The van der Waals surface area contributed by atoms with Crippen LogP contribution in [0, 0.1) is 13.8 Å². The largest absolute Gasteiger partial charge is 0.451 e. The molecular weight excluding hydrogens is 282 g/mol. The highest BCUT2D eigenvalue weighted by molar-refractivity contribution is 5.90. The fraction of sp³-hybridized carbons (Fsp3) is 0.312. The van der Waals surface area contributed by atoms with Crippen molar-refractivity contribution in [2.24, 2.45) is 0 Å². The van der Waals surface area contributed by atoms with Gasteiger partial charge in [0, 0.05) is 17.0 Å². The average molecular weight is 297 g/mol. The van der Waals surface area contributed by atoms with Crippen LogP contribution in [0.5, 0.6) is 0 Å². The Hall–Kier alpha value is -2.63.